The largest absolute Gasteiger partial charge is 0.409 e. The fourth-order valence-electron chi connectivity index (χ4n) is 1.11. The first kappa shape index (κ1) is 12.5. The molecule has 15 heavy (non-hydrogen) atoms. The minimum atomic E-state index is -0.0796. The number of amidine groups is 1. The molecule has 0 aromatic carbocycles. The van der Waals surface area contributed by atoms with Gasteiger partial charge in [0.25, 0.3) is 0 Å². The van der Waals surface area contributed by atoms with Crippen molar-refractivity contribution in [2.45, 2.75) is 19.5 Å². The van der Waals surface area contributed by atoms with E-state index in [1.54, 1.807) is 11.3 Å². The van der Waals surface area contributed by atoms with Gasteiger partial charge >= 0.3 is 0 Å². The molecule has 0 spiro atoms. The highest BCUT2D eigenvalue weighted by molar-refractivity contribution is 9.10. The highest BCUT2D eigenvalue weighted by Crippen LogP contribution is 2.24. The molecule has 1 atom stereocenters. The van der Waals surface area contributed by atoms with Crippen molar-refractivity contribution >= 4 is 33.1 Å². The molecule has 0 aliphatic rings. The summed E-state index contributed by atoms with van der Waals surface area (Å²) in [7, 11) is 1.94. The van der Waals surface area contributed by atoms with Crippen LogP contribution in [0.4, 0.5) is 0 Å². The SMILES string of the molecule is CC(C(N)=NO)N(C)Cc1sccc1Br. The second-order valence-corrected chi connectivity index (χ2v) is 5.16. The molecule has 84 valence electrons. The lowest BCUT2D eigenvalue weighted by molar-refractivity contribution is 0.280. The Balaban J connectivity index is 2.64. The first-order chi connectivity index (χ1) is 7.06. The second-order valence-electron chi connectivity index (χ2n) is 3.31. The number of rotatable bonds is 4. The predicted octanol–water partition coefficient (Wildman–Crippen LogP) is 2.08. The van der Waals surface area contributed by atoms with Crippen LogP contribution in [0.25, 0.3) is 0 Å². The minimum absolute atomic E-state index is 0.0796. The minimum Gasteiger partial charge on any atom is -0.409 e. The van der Waals surface area contributed by atoms with Crippen LogP contribution in [0.15, 0.2) is 21.1 Å². The number of thiophene rings is 1. The van der Waals surface area contributed by atoms with E-state index < -0.39 is 0 Å². The summed E-state index contributed by atoms with van der Waals surface area (Å²) in [6.07, 6.45) is 0. The molecule has 3 N–H and O–H groups in total. The molecule has 6 heteroatoms. The van der Waals surface area contributed by atoms with Crippen LogP contribution >= 0.6 is 27.3 Å². The third-order valence-electron chi connectivity index (χ3n) is 2.29. The van der Waals surface area contributed by atoms with Gasteiger partial charge in [-0.2, -0.15) is 0 Å². The monoisotopic (exact) mass is 291 g/mol. The molecule has 0 aliphatic carbocycles. The van der Waals surface area contributed by atoms with Crippen molar-refractivity contribution < 1.29 is 5.21 Å². The van der Waals surface area contributed by atoms with E-state index in [-0.39, 0.29) is 11.9 Å². The summed E-state index contributed by atoms with van der Waals surface area (Å²) >= 11 is 5.15. The average molecular weight is 292 g/mol. The summed E-state index contributed by atoms with van der Waals surface area (Å²) in [6, 6.07) is 1.94. The van der Waals surface area contributed by atoms with E-state index in [1.165, 1.54) is 4.88 Å². The molecule has 0 saturated heterocycles. The molecular formula is C9H14BrN3OS. The standard InChI is InChI=1S/C9H14BrN3OS/c1-6(9(11)12-14)13(2)5-8-7(10)3-4-15-8/h3-4,6,14H,5H2,1-2H3,(H2,11,12). The molecule has 0 bridgehead atoms. The van der Waals surface area contributed by atoms with Gasteiger partial charge in [0.15, 0.2) is 5.84 Å². The summed E-state index contributed by atoms with van der Waals surface area (Å²) in [5.74, 6) is 0.227. The first-order valence-electron chi connectivity index (χ1n) is 4.45. The zero-order valence-electron chi connectivity index (χ0n) is 8.64. The van der Waals surface area contributed by atoms with Gasteiger partial charge in [-0.15, -0.1) is 11.3 Å². The molecule has 0 fully saturated rings. The van der Waals surface area contributed by atoms with Crippen molar-refractivity contribution in [1.82, 2.24) is 4.90 Å². The number of oxime groups is 1. The Kier molecular flexibility index (Phi) is 4.56. The Morgan fingerprint density at radius 2 is 2.47 bits per heavy atom. The third-order valence-corrected chi connectivity index (χ3v) is 4.20. The van der Waals surface area contributed by atoms with Gasteiger partial charge < -0.3 is 10.9 Å². The maximum atomic E-state index is 8.56. The van der Waals surface area contributed by atoms with Crippen LogP contribution in [-0.2, 0) is 6.54 Å². The van der Waals surface area contributed by atoms with Gasteiger partial charge in [0, 0.05) is 15.9 Å². The van der Waals surface area contributed by atoms with Gasteiger partial charge in [0.05, 0.1) is 6.04 Å². The van der Waals surface area contributed by atoms with E-state index >= 15 is 0 Å². The van der Waals surface area contributed by atoms with Crippen molar-refractivity contribution in [3.05, 3.63) is 20.8 Å². The molecule has 1 aromatic rings. The second kappa shape index (κ2) is 5.48. The normalized spacial score (nSPS) is 14.5. The molecule has 1 rings (SSSR count). The molecule has 1 unspecified atom stereocenters. The van der Waals surface area contributed by atoms with Crippen molar-refractivity contribution in [1.29, 1.82) is 0 Å². The van der Waals surface area contributed by atoms with Crippen LogP contribution in [0, 0.1) is 0 Å². The number of likely N-dealkylation sites (N-methyl/N-ethyl adjacent to an activating group) is 1. The fourth-order valence-corrected chi connectivity index (χ4v) is 2.65. The lowest BCUT2D eigenvalue weighted by Gasteiger charge is -2.22. The predicted molar refractivity (Wildman–Crippen MR) is 66.4 cm³/mol. The Hall–Kier alpha value is -0.590. The van der Waals surface area contributed by atoms with Crippen LogP contribution in [-0.4, -0.2) is 29.0 Å². The van der Waals surface area contributed by atoms with E-state index in [2.05, 4.69) is 21.1 Å². The maximum absolute atomic E-state index is 8.56. The Morgan fingerprint density at radius 1 is 1.80 bits per heavy atom. The number of nitrogens with zero attached hydrogens (tertiary/aromatic N) is 2. The van der Waals surface area contributed by atoms with Crippen molar-refractivity contribution in [2.75, 3.05) is 7.05 Å². The van der Waals surface area contributed by atoms with Crippen molar-refractivity contribution in [2.24, 2.45) is 10.9 Å². The molecular weight excluding hydrogens is 278 g/mol. The summed E-state index contributed by atoms with van der Waals surface area (Å²) in [5, 5.41) is 13.6. The molecule has 0 saturated carbocycles. The van der Waals surface area contributed by atoms with Crippen molar-refractivity contribution in [3.8, 4) is 0 Å². The maximum Gasteiger partial charge on any atom is 0.156 e. The van der Waals surface area contributed by atoms with Gasteiger partial charge in [-0.25, -0.2) is 0 Å². The topological polar surface area (TPSA) is 61.9 Å². The van der Waals surface area contributed by atoms with Crippen LogP contribution < -0.4 is 5.73 Å². The summed E-state index contributed by atoms with van der Waals surface area (Å²) in [6.45, 7) is 2.67. The van der Waals surface area contributed by atoms with Crippen LogP contribution in [0.2, 0.25) is 0 Å². The average Bonchev–Trinajstić information content (AvgIpc) is 2.62. The molecule has 0 aliphatic heterocycles. The van der Waals surface area contributed by atoms with E-state index in [9.17, 15) is 0 Å². The first-order valence-corrected chi connectivity index (χ1v) is 6.13. The Bertz CT molecular complexity index is 353. The Morgan fingerprint density at radius 3 is 2.93 bits per heavy atom. The molecule has 1 aromatic heterocycles. The lowest BCUT2D eigenvalue weighted by atomic mass is 10.2. The van der Waals surface area contributed by atoms with Crippen molar-refractivity contribution in [3.63, 3.8) is 0 Å². The number of hydrogen-bond acceptors (Lipinski definition) is 4. The smallest absolute Gasteiger partial charge is 0.156 e. The molecule has 0 radical (unpaired) electrons. The summed E-state index contributed by atoms with van der Waals surface area (Å²) < 4.78 is 1.10. The van der Waals surface area contributed by atoms with Gasteiger partial charge in [0.1, 0.15) is 0 Å². The van der Waals surface area contributed by atoms with Gasteiger partial charge in [-0.1, -0.05) is 5.16 Å². The molecule has 0 amide bonds. The van der Waals surface area contributed by atoms with E-state index in [0.717, 1.165) is 11.0 Å². The molecule has 1 heterocycles. The number of halogens is 1. The fraction of sp³-hybridized carbons (Fsp3) is 0.444. The quantitative estimate of drug-likeness (QED) is 0.386. The zero-order chi connectivity index (χ0) is 11.4. The Labute approximate surface area is 102 Å². The third kappa shape index (κ3) is 3.19. The summed E-state index contributed by atoms with van der Waals surface area (Å²) in [5.41, 5.74) is 5.53. The lowest BCUT2D eigenvalue weighted by Crippen LogP contribution is -2.39. The van der Waals surface area contributed by atoms with Crippen LogP contribution in [0.5, 0.6) is 0 Å². The van der Waals surface area contributed by atoms with Gasteiger partial charge in [-0.05, 0) is 41.3 Å². The number of hydrogen-bond donors (Lipinski definition) is 2. The molecule has 4 nitrogen and oxygen atoms in total. The van der Waals surface area contributed by atoms with E-state index in [0.29, 0.717) is 0 Å². The van der Waals surface area contributed by atoms with Gasteiger partial charge in [0.2, 0.25) is 0 Å². The highest BCUT2D eigenvalue weighted by atomic mass is 79.9. The van der Waals surface area contributed by atoms with Gasteiger partial charge in [-0.3, -0.25) is 4.90 Å². The summed E-state index contributed by atoms with van der Waals surface area (Å²) in [4.78, 5) is 3.25. The van der Waals surface area contributed by atoms with Crippen LogP contribution in [0.3, 0.4) is 0 Å². The highest BCUT2D eigenvalue weighted by Gasteiger charge is 2.15. The van der Waals surface area contributed by atoms with Crippen LogP contribution in [0.1, 0.15) is 11.8 Å². The number of nitrogens with two attached hydrogens (primary N) is 1. The zero-order valence-corrected chi connectivity index (χ0v) is 11.0. The van der Waals surface area contributed by atoms with E-state index in [4.69, 9.17) is 10.9 Å². The van der Waals surface area contributed by atoms with E-state index in [1.807, 2.05) is 30.3 Å².